The van der Waals surface area contributed by atoms with E-state index in [4.69, 9.17) is 6.57 Å². The Bertz CT molecular complexity index is 1490. The Balaban J connectivity index is 1.43. The second-order valence-corrected chi connectivity index (χ2v) is 10.2. The van der Waals surface area contributed by atoms with E-state index in [1.807, 2.05) is 31.2 Å². The van der Waals surface area contributed by atoms with E-state index in [9.17, 15) is 4.79 Å². The van der Waals surface area contributed by atoms with Crippen LogP contribution in [0.3, 0.4) is 0 Å². The minimum atomic E-state index is -0.0000265. The Morgan fingerprint density at radius 1 is 1.05 bits per heavy atom. The molecule has 37 heavy (non-hydrogen) atoms. The molecule has 0 saturated heterocycles. The van der Waals surface area contributed by atoms with Crippen LogP contribution in [0.2, 0.25) is 0 Å². The van der Waals surface area contributed by atoms with E-state index in [0.717, 1.165) is 29.4 Å². The summed E-state index contributed by atoms with van der Waals surface area (Å²) in [6, 6.07) is 24.1. The Morgan fingerprint density at radius 2 is 1.86 bits per heavy atom. The molecule has 0 bridgehead atoms. The van der Waals surface area contributed by atoms with Gasteiger partial charge in [0.2, 0.25) is 0 Å². The van der Waals surface area contributed by atoms with Crippen molar-refractivity contribution in [3.63, 3.8) is 0 Å². The van der Waals surface area contributed by atoms with Crippen molar-refractivity contribution in [1.29, 1.82) is 0 Å². The molecule has 1 aromatic heterocycles. The summed E-state index contributed by atoms with van der Waals surface area (Å²) >= 11 is 0. The highest BCUT2D eigenvalue weighted by Crippen LogP contribution is 2.31. The summed E-state index contributed by atoms with van der Waals surface area (Å²) in [5.74, 6) is 0.767. The molecule has 0 radical (unpaired) electrons. The smallest absolute Gasteiger partial charge is 0.189 e. The van der Waals surface area contributed by atoms with E-state index in [2.05, 4.69) is 65.5 Å². The number of ketones is 1. The molecule has 1 aliphatic carbocycles. The molecule has 1 saturated carbocycles. The summed E-state index contributed by atoms with van der Waals surface area (Å²) in [4.78, 5) is 17.0. The zero-order valence-electron chi connectivity index (χ0n) is 21.7. The van der Waals surface area contributed by atoms with E-state index < -0.39 is 0 Å². The van der Waals surface area contributed by atoms with Crippen LogP contribution in [0.1, 0.15) is 62.9 Å². The van der Waals surface area contributed by atoms with Gasteiger partial charge < -0.3 is 5.32 Å². The molecule has 0 spiro atoms. The molecule has 1 N–H and O–H groups in total. The number of rotatable bonds is 9. The third-order valence-corrected chi connectivity index (χ3v) is 7.01. The average molecular weight is 489 g/mol. The summed E-state index contributed by atoms with van der Waals surface area (Å²) in [6.07, 6.45) is 2.88. The molecule has 0 amide bonds. The molecule has 1 fully saturated rings. The Labute approximate surface area is 219 Å². The zero-order chi connectivity index (χ0) is 25.9. The molecule has 5 nitrogen and oxygen atoms in total. The van der Waals surface area contributed by atoms with Crippen molar-refractivity contribution in [2.75, 3.05) is 6.54 Å². The number of nitrogens with one attached hydrogen (secondary N) is 1. The number of hydrogen-bond acceptors (Lipinski definition) is 3. The summed E-state index contributed by atoms with van der Waals surface area (Å²) < 4.78 is 1.66. The van der Waals surface area contributed by atoms with Crippen LogP contribution in [0, 0.1) is 33.3 Å². The fourth-order valence-corrected chi connectivity index (χ4v) is 4.91. The fourth-order valence-electron chi connectivity index (χ4n) is 4.91. The Hall–Kier alpha value is -4.01. The topological polar surface area (TPSA) is 51.3 Å². The third kappa shape index (κ3) is 5.71. The number of hydrogen-bond donors (Lipinski definition) is 1. The van der Waals surface area contributed by atoms with Crippen LogP contribution in [-0.4, -0.2) is 22.1 Å². The van der Waals surface area contributed by atoms with E-state index in [1.54, 1.807) is 16.8 Å². The molecule has 4 aromatic rings. The van der Waals surface area contributed by atoms with Crippen LogP contribution in [-0.2, 0) is 6.42 Å². The van der Waals surface area contributed by atoms with Crippen molar-refractivity contribution in [2.24, 2.45) is 5.92 Å². The van der Waals surface area contributed by atoms with E-state index >= 15 is 0 Å². The molecule has 1 heterocycles. The first-order valence-electron chi connectivity index (χ1n) is 12.9. The monoisotopic (exact) mass is 488 g/mol. The zero-order valence-corrected chi connectivity index (χ0v) is 21.7. The van der Waals surface area contributed by atoms with E-state index in [1.165, 1.54) is 35.1 Å². The molecular weight excluding hydrogens is 456 g/mol. The number of aryl methyl sites for hydroxylation is 3. The normalized spacial score (nSPS) is 13.8. The van der Waals surface area contributed by atoms with Crippen molar-refractivity contribution in [2.45, 2.75) is 46.1 Å². The van der Waals surface area contributed by atoms with Crippen molar-refractivity contribution < 1.29 is 4.79 Å². The first-order valence-corrected chi connectivity index (χ1v) is 12.9. The lowest BCUT2D eigenvalue weighted by molar-refractivity contribution is 0.0985. The number of nitrogens with zero attached hydrogens (tertiary/aromatic N) is 3. The van der Waals surface area contributed by atoms with Crippen LogP contribution >= 0.6 is 0 Å². The summed E-state index contributed by atoms with van der Waals surface area (Å²) in [5, 5.41) is 8.36. The molecule has 5 heteroatoms. The highest BCUT2D eigenvalue weighted by Gasteiger charge is 2.24. The maximum Gasteiger partial charge on any atom is 0.189 e. The number of carbonyl (C=O) groups is 1. The maximum absolute atomic E-state index is 13.5. The third-order valence-electron chi connectivity index (χ3n) is 7.01. The van der Waals surface area contributed by atoms with Gasteiger partial charge in [-0.1, -0.05) is 60.2 Å². The number of benzene rings is 3. The number of Topliss-reactive ketones (excluding diaryl/α,β-unsaturated/α-hetero) is 1. The highest BCUT2D eigenvalue weighted by atomic mass is 16.1. The van der Waals surface area contributed by atoms with Gasteiger partial charge in [-0.15, -0.1) is 0 Å². The van der Waals surface area contributed by atoms with Gasteiger partial charge >= 0.3 is 0 Å². The number of aromatic nitrogens is 2. The molecule has 1 unspecified atom stereocenters. The lowest BCUT2D eigenvalue weighted by Gasteiger charge is -2.23. The van der Waals surface area contributed by atoms with Crippen LogP contribution in [0.15, 0.2) is 72.8 Å². The average Bonchev–Trinajstić information content (AvgIpc) is 3.64. The molecule has 5 rings (SSSR count). The first-order chi connectivity index (χ1) is 17.9. The largest absolute Gasteiger partial charge is 0.306 e. The minimum Gasteiger partial charge on any atom is -0.306 e. The number of carbonyl (C=O) groups excluding carboxylic acids is 1. The first kappa shape index (κ1) is 24.7. The van der Waals surface area contributed by atoms with Crippen molar-refractivity contribution in [3.05, 3.63) is 123 Å². The van der Waals surface area contributed by atoms with Gasteiger partial charge in [0.25, 0.3) is 0 Å². The standard InChI is InChI=1S/C32H32N4O/c1-21-11-14-29(22(2)15-21)32(34-20-24-12-13-24)26-8-5-7-25(17-26)18-31(37)30-16-23(3)35-36(30)28-10-6-9-27(19-28)33-4/h5-11,14-17,19,24,32,34H,12-13,18,20H2,1-3H3. The van der Waals surface area contributed by atoms with E-state index in [-0.39, 0.29) is 18.2 Å². The summed E-state index contributed by atoms with van der Waals surface area (Å²) in [6.45, 7) is 14.5. The Morgan fingerprint density at radius 3 is 2.62 bits per heavy atom. The van der Waals surface area contributed by atoms with Crippen molar-refractivity contribution >= 4 is 11.5 Å². The van der Waals surface area contributed by atoms with Crippen LogP contribution < -0.4 is 5.32 Å². The van der Waals surface area contributed by atoms with Gasteiger partial charge in [0.1, 0.15) is 5.69 Å². The highest BCUT2D eigenvalue weighted by molar-refractivity contribution is 5.96. The van der Waals surface area contributed by atoms with Crippen LogP contribution in [0.25, 0.3) is 10.5 Å². The van der Waals surface area contributed by atoms with Crippen molar-refractivity contribution in [1.82, 2.24) is 15.1 Å². The quantitative estimate of drug-likeness (QED) is 0.207. The second kappa shape index (κ2) is 10.5. The second-order valence-electron chi connectivity index (χ2n) is 10.2. The van der Waals surface area contributed by atoms with Crippen LogP contribution in [0.4, 0.5) is 5.69 Å². The lowest BCUT2D eigenvalue weighted by atomic mass is 9.92. The van der Waals surface area contributed by atoms with Gasteiger partial charge in [0, 0.05) is 6.42 Å². The van der Waals surface area contributed by atoms with E-state index in [0.29, 0.717) is 11.4 Å². The molecular formula is C32H32N4O. The molecule has 1 aliphatic rings. The minimum absolute atomic E-state index is 0.0000265. The van der Waals surface area contributed by atoms with Gasteiger partial charge in [-0.05, 0) is 86.5 Å². The maximum atomic E-state index is 13.5. The lowest BCUT2D eigenvalue weighted by Crippen LogP contribution is -2.25. The van der Waals surface area contributed by atoms with Crippen molar-refractivity contribution in [3.8, 4) is 5.69 Å². The van der Waals surface area contributed by atoms with Gasteiger partial charge in [-0.25, -0.2) is 9.53 Å². The Kier molecular flexibility index (Phi) is 7.03. The molecule has 0 aliphatic heterocycles. The van der Waals surface area contributed by atoms with Crippen LogP contribution in [0.5, 0.6) is 0 Å². The van der Waals surface area contributed by atoms with Gasteiger partial charge in [-0.3, -0.25) is 4.79 Å². The summed E-state index contributed by atoms with van der Waals surface area (Å²) in [5.41, 5.74) is 8.51. The fraction of sp³-hybridized carbons (Fsp3) is 0.281. The SMILES string of the molecule is [C-]#[N+]c1cccc(-n2nc(C)cc2C(=O)Cc2cccc(C(NCC3CC3)c3ccc(C)cc3C)c2)c1. The molecule has 1 atom stereocenters. The van der Waals surface area contributed by atoms with Gasteiger partial charge in [0.05, 0.1) is 24.0 Å². The predicted molar refractivity (Wildman–Crippen MR) is 148 cm³/mol. The molecule has 186 valence electrons. The summed E-state index contributed by atoms with van der Waals surface area (Å²) in [7, 11) is 0. The van der Waals surface area contributed by atoms with Gasteiger partial charge in [-0.2, -0.15) is 5.10 Å². The predicted octanol–water partition coefficient (Wildman–Crippen LogP) is 6.86. The molecule has 3 aromatic carbocycles. The van der Waals surface area contributed by atoms with Gasteiger partial charge in [0.15, 0.2) is 11.5 Å².